The molecule has 0 atom stereocenters. The molecule has 0 bridgehead atoms. The van der Waals surface area contributed by atoms with Gasteiger partial charge in [0.05, 0.1) is 23.0 Å². The monoisotopic (exact) mass is 457 g/mol. The van der Waals surface area contributed by atoms with Gasteiger partial charge in [-0.2, -0.15) is 10.4 Å². The van der Waals surface area contributed by atoms with Gasteiger partial charge in [0.2, 0.25) is 0 Å². The summed E-state index contributed by atoms with van der Waals surface area (Å²) in [6.45, 7) is -0.494. The maximum atomic E-state index is 12.3. The first-order chi connectivity index (χ1) is 16.5. The molecule has 1 aromatic heterocycles. The number of amides is 3. The van der Waals surface area contributed by atoms with Crippen molar-refractivity contribution in [1.82, 2.24) is 14.7 Å². The van der Waals surface area contributed by atoms with Crippen molar-refractivity contribution in [2.75, 3.05) is 18.5 Å². The van der Waals surface area contributed by atoms with Crippen molar-refractivity contribution < 1.29 is 23.9 Å². The second-order valence-electron chi connectivity index (χ2n) is 7.39. The number of anilines is 1. The zero-order valence-corrected chi connectivity index (χ0v) is 17.9. The van der Waals surface area contributed by atoms with Crippen LogP contribution in [0.3, 0.4) is 0 Å². The Bertz CT molecular complexity index is 1270. The predicted octanol–water partition coefficient (Wildman–Crippen LogP) is 2.30. The van der Waals surface area contributed by atoms with E-state index in [1.54, 1.807) is 48.5 Å². The van der Waals surface area contributed by atoms with E-state index < -0.39 is 30.3 Å². The first-order valence-electron chi connectivity index (χ1n) is 10.4. The zero-order valence-electron chi connectivity index (χ0n) is 17.9. The number of benzene rings is 2. The van der Waals surface area contributed by atoms with E-state index in [-0.39, 0.29) is 30.8 Å². The number of fused-ring (bicyclic) bond motifs is 1. The molecule has 3 aromatic rings. The summed E-state index contributed by atoms with van der Waals surface area (Å²) in [6, 6.07) is 17.4. The first kappa shape index (κ1) is 22.4. The highest BCUT2D eigenvalue weighted by atomic mass is 16.5. The second-order valence-corrected chi connectivity index (χ2v) is 7.39. The van der Waals surface area contributed by atoms with Gasteiger partial charge in [-0.25, -0.2) is 4.68 Å². The lowest BCUT2D eigenvalue weighted by Gasteiger charge is -2.13. The van der Waals surface area contributed by atoms with Gasteiger partial charge in [-0.1, -0.05) is 30.3 Å². The van der Waals surface area contributed by atoms with Crippen LogP contribution in [0.25, 0.3) is 5.69 Å². The molecule has 1 aliphatic heterocycles. The van der Waals surface area contributed by atoms with E-state index in [2.05, 4.69) is 10.4 Å². The molecule has 0 unspecified atom stereocenters. The number of imide groups is 1. The lowest BCUT2D eigenvalue weighted by atomic mass is 10.1. The standard InChI is InChI=1S/C24H19N5O5/c25-13-16-14-26-29(17-7-2-1-3-8-17)22(16)27-20(30)15-34-21(31)11-6-12-28-23(32)18-9-4-5-10-19(18)24(28)33/h1-5,7-10,14H,6,11-12,15H2,(H,27,30). The normalized spacial score (nSPS) is 12.3. The number of nitrogens with zero attached hydrogens (tertiary/aromatic N) is 4. The maximum absolute atomic E-state index is 12.3. The predicted molar refractivity (Wildman–Crippen MR) is 119 cm³/mol. The minimum Gasteiger partial charge on any atom is -0.456 e. The van der Waals surface area contributed by atoms with Gasteiger partial charge in [0, 0.05) is 13.0 Å². The molecule has 10 nitrogen and oxygen atoms in total. The van der Waals surface area contributed by atoms with Crippen LogP contribution in [0.2, 0.25) is 0 Å². The number of nitriles is 1. The number of hydrogen-bond acceptors (Lipinski definition) is 7. The van der Waals surface area contributed by atoms with Crippen LogP contribution >= 0.6 is 0 Å². The van der Waals surface area contributed by atoms with Gasteiger partial charge in [0.15, 0.2) is 12.4 Å². The van der Waals surface area contributed by atoms with Crippen molar-refractivity contribution in [3.8, 4) is 11.8 Å². The van der Waals surface area contributed by atoms with Crippen LogP contribution in [0, 0.1) is 11.3 Å². The Labute approximate surface area is 194 Å². The average molecular weight is 457 g/mol. The summed E-state index contributed by atoms with van der Waals surface area (Å²) in [5.41, 5.74) is 1.49. The second kappa shape index (κ2) is 9.79. The highest BCUT2D eigenvalue weighted by Gasteiger charge is 2.34. The molecule has 2 heterocycles. The fourth-order valence-corrected chi connectivity index (χ4v) is 3.53. The molecule has 0 saturated heterocycles. The van der Waals surface area contributed by atoms with E-state index in [4.69, 9.17) is 4.74 Å². The number of para-hydroxylation sites is 1. The molecule has 4 rings (SSSR count). The van der Waals surface area contributed by atoms with Gasteiger partial charge in [-0.15, -0.1) is 0 Å². The summed E-state index contributed by atoms with van der Waals surface area (Å²) in [5, 5.41) is 16.0. The Morgan fingerprint density at radius 2 is 1.65 bits per heavy atom. The third-order valence-electron chi connectivity index (χ3n) is 5.15. The Morgan fingerprint density at radius 3 is 2.29 bits per heavy atom. The van der Waals surface area contributed by atoms with E-state index in [9.17, 15) is 24.4 Å². The average Bonchev–Trinajstić information content (AvgIpc) is 3.37. The topological polar surface area (TPSA) is 134 Å². The van der Waals surface area contributed by atoms with Crippen molar-refractivity contribution in [3.05, 3.63) is 77.5 Å². The fraction of sp³-hybridized carbons (Fsp3) is 0.167. The van der Waals surface area contributed by atoms with Crippen LogP contribution in [0.15, 0.2) is 60.8 Å². The largest absolute Gasteiger partial charge is 0.456 e. The van der Waals surface area contributed by atoms with Gasteiger partial charge >= 0.3 is 5.97 Å². The molecule has 0 radical (unpaired) electrons. The van der Waals surface area contributed by atoms with E-state index in [0.29, 0.717) is 16.8 Å². The lowest BCUT2D eigenvalue weighted by Crippen LogP contribution is -2.31. The van der Waals surface area contributed by atoms with Crippen molar-refractivity contribution in [1.29, 1.82) is 5.26 Å². The Morgan fingerprint density at radius 1 is 1.00 bits per heavy atom. The van der Waals surface area contributed by atoms with Gasteiger partial charge in [-0.05, 0) is 30.7 Å². The highest BCUT2D eigenvalue weighted by Crippen LogP contribution is 2.23. The molecular formula is C24H19N5O5. The van der Waals surface area contributed by atoms with Crippen molar-refractivity contribution >= 4 is 29.5 Å². The van der Waals surface area contributed by atoms with Gasteiger partial charge < -0.3 is 10.1 Å². The third-order valence-corrected chi connectivity index (χ3v) is 5.15. The molecule has 10 heteroatoms. The lowest BCUT2D eigenvalue weighted by molar-refractivity contribution is -0.147. The number of hydrogen-bond donors (Lipinski definition) is 1. The van der Waals surface area contributed by atoms with Crippen LogP contribution in [0.4, 0.5) is 5.82 Å². The van der Waals surface area contributed by atoms with Gasteiger partial charge in [0.1, 0.15) is 11.6 Å². The Hall–Kier alpha value is -4.78. The summed E-state index contributed by atoms with van der Waals surface area (Å²) >= 11 is 0. The number of nitrogens with one attached hydrogen (secondary N) is 1. The summed E-state index contributed by atoms with van der Waals surface area (Å²) in [7, 11) is 0. The maximum Gasteiger partial charge on any atom is 0.306 e. The van der Waals surface area contributed by atoms with Crippen LogP contribution in [0.5, 0.6) is 0 Å². The van der Waals surface area contributed by atoms with Crippen LogP contribution in [0.1, 0.15) is 39.1 Å². The Kier molecular flexibility index (Phi) is 6.45. The molecule has 0 fully saturated rings. The molecule has 2 aromatic carbocycles. The molecule has 170 valence electrons. The van der Waals surface area contributed by atoms with Crippen LogP contribution in [-0.2, 0) is 14.3 Å². The first-order valence-corrected chi connectivity index (χ1v) is 10.4. The van der Waals surface area contributed by atoms with E-state index in [1.165, 1.54) is 10.9 Å². The number of aromatic nitrogens is 2. The summed E-state index contributed by atoms with van der Waals surface area (Å²) in [6.07, 6.45) is 1.45. The number of carbonyl (C=O) groups is 4. The minimum atomic E-state index is -0.649. The SMILES string of the molecule is N#Cc1cnn(-c2ccccc2)c1NC(=O)COC(=O)CCCN1C(=O)c2ccccc2C1=O. The fourth-order valence-electron chi connectivity index (χ4n) is 3.53. The number of carbonyl (C=O) groups excluding carboxylic acids is 4. The third kappa shape index (κ3) is 4.54. The molecule has 1 aliphatic rings. The quantitative estimate of drug-likeness (QED) is 0.405. The highest BCUT2D eigenvalue weighted by molar-refractivity contribution is 6.21. The molecular weight excluding hydrogens is 438 g/mol. The van der Waals surface area contributed by atoms with Crippen molar-refractivity contribution in [3.63, 3.8) is 0 Å². The van der Waals surface area contributed by atoms with Crippen molar-refractivity contribution in [2.24, 2.45) is 0 Å². The van der Waals surface area contributed by atoms with Crippen molar-refractivity contribution in [2.45, 2.75) is 12.8 Å². The van der Waals surface area contributed by atoms with Crippen LogP contribution < -0.4 is 5.32 Å². The number of esters is 1. The summed E-state index contributed by atoms with van der Waals surface area (Å²) in [4.78, 5) is 50.2. The van der Waals surface area contributed by atoms with E-state index in [0.717, 1.165) is 4.90 Å². The minimum absolute atomic E-state index is 0.0649. The molecule has 3 amide bonds. The molecule has 0 aliphatic carbocycles. The van der Waals surface area contributed by atoms with Gasteiger partial charge in [0.25, 0.3) is 17.7 Å². The van der Waals surface area contributed by atoms with E-state index in [1.807, 2.05) is 12.1 Å². The molecule has 34 heavy (non-hydrogen) atoms. The zero-order chi connectivity index (χ0) is 24.1. The van der Waals surface area contributed by atoms with Gasteiger partial charge in [-0.3, -0.25) is 24.1 Å². The summed E-state index contributed by atoms with van der Waals surface area (Å²) in [5.74, 6) is -1.90. The smallest absolute Gasteiger partial charge is 0.306 e. The van der Waals surface area contributed by atoms with E-state index >= 15 is 0 Å². The molecule has 0 spiro atoms. The number of ether oxygens (including phenoxy) is 1. The summed E-state index contributed by atoms with van der Waals surface area (Å²) < 4.78 is 6.40. The Balaban J connectivity index is 1.27. The van der Waals surface area contributed by atoms with Crippen LogP contribution in [-0.4, -0.2) is 51.5 Å². The number of rotatable bonds is 8. The molecule has 0 saturated carbocycles. The molecule has 1 N–H and O–H groups in total.